The van der Waals surface area contributed by atoms with Crippen molar-refractivity contribution in [3.8, 4) is 22.9 Å². The largest absolute Gasteiger partial charge is 0.463 e. The Bertz CT molecular complexity index is 1140. The van der Waals surface area contributed by atoms with E-state index in [-0.39, 0.29) is 17.2 Å². The van der Waals surface area contributed by atoms with Crippen LogP contribution in [0.5, 0.6) is 0 Å². The first-order valence-electron chi connectivity index (χ1n) is 8.35. The maximum Gasteiger partial charge on any atom is 0.269 e. The van der Waals surface area contributed by atoms with E-state index in [0.717, 1.165) is 11.8 Å². The van der Waals surface area contributed by atoms with Crippen molar-refractivity contribution in [2.75, 3.05) is 5.75 Å². The molecule has 4 rings (SSSR count). The normalized spacial score (nSPS) is 10.8. The molecule has 1 aromatic carbocycles. The summed E-state index contributed by atoms with van der Waals surface area (Å²) in [6.45, 7) is 0. The molecule has 3 aromatic heterocycles. The summed E-state index contributed by atoms with van der Waals surface area (Å²) in [6.07, 6.45) is 3.04. The fraction of sp³-hybridized carbons (Fsp3) is 0.0526. The van der Waals surface area contributed by atoms with Crippen molar-refractivity contribution in [1.82, 2.24) is 15.2 Å². The molecule has 10 heteroatoms. The number of benzene rings is 1. The summed E-state index contributed by atoms with van der Waals surface area (Å²) in [4.78, 5) is 27.0. The van der Waals surface area contributed by atoms with E-state index in [2.05, 4.69) is 15.2 Å². The maximum atomic E-state index is 12.4. The molecule has 144 valence electrons. The molecule has 0 unspecified atom stereocenters. The average Bonchev–Trinajstić information content (AvgIpc) is 3.46. The van der Waals surface area contributed by atoms with Crippen molar-refractivity contribution in [3.05, 3.63) is 76.7 Å². The van der Waals surface area contributed by atoms with Gasteiger partial charge in [-0.1, -0.05) is 11.8 Å². The van der Waals surface area contributed by atoms with Crippen molar-refractivity contribution < 1.29 is 18.6 Å². The first-order chi connectivity index (χ1) is 14.1. The molecule has 0 saturated carbocycles. The summed E-state index contributed by atoms with van der Waals surface area (Å²) >= 11 is 1.11. The lowest BCUT2D eigenvalue weighted by atomic mass is 10.1. The smallest absolute Gasteiger partial charge is 0.269 e. The van der Waals surface area contributed by atoms with Gasteiger partial charge in [-0.05, 0) is 36.4 Å². The van der Waals surface area contributed by atoms with E-state index in [1.54, 1.807) is 24.3 Å². The maximum absolute atomic E-state index is 12.4. The Morgan fingerprint density at radius 2 is 1.62 bits per heavy atom. The molecular formula is C19H12N4O5S. The molecule has 0 atom stereocenters. The summed E-state index contributed by atoms with van der Waals surface area (Å²) in [6, 6.07) is 12.4. The predicted molar refractivity (Wildman–Crippen MR) is 103 cm³/mol. The van der Waals surface area contributed by atoms with Crippen molar-refractivity contribution in [1.29, 1.82) is 0 Å². The number of ketones is 1. The lowest BCUT2D eigenvalue weighted by Gasteiger charge is -2.05. The highest BCUT2D eigenvalue weighted by molar-refractivity contribution is 7.99. The van der Waals surface area contributed by atoms with Crippen LogP contribution in [-0.4, -0.2) is 31.6 Å². The number of nitro benzene ring substituents is 1. The van der Waals surface area contributed by atoms with E-state index in [9.17, 15) is 14.9 Å². The van der Waals surface area contributed by atoms with Crippen LogP contribution in [0.2, 0.25) is 0 Å². The third-order valence-corrected chi connectivity index (χ3v) is 4.75. The van der Waals surface area contributed by atoms with Gasteiger partial charge in [-0.15, -0.1) is 10.2 Å². The van der Waals surface area contributed by atoms with Gasteiger partial charge in [-0.2, -0.15) is 0 Å². The second-order valence-corrected chi connectivity index (χ2v) is 6.70. The SMILES string of the molecule is O=C(CSc1nnc(-c2ccco2)c(-c2ccco2)n1)c1ccc([N+](=O)[O-])cc1. The van der Waals surface area contributed by atoms with Crippen LogP contribution in [0.4, 0.5) is 5.69 Å². The second kappa shape index (κ2) is 8.07. The Balaban J connectivity index is 1.54. The highest BCUT2D eigenvalue weighted by Crippen LogP contribution is 2.30. The van der Waals surface area contributed by atoms with Crippen LogP contribution in [0.25, 0.3) is 22.9 Å². The molecule has 0 saturated heterocycles. The van der Waals surface area contributed by atoms with E-state index in [0.29, 0.717) is 33.6 Å². The van der Waals surface area contributed by atoms with Gasteiger partial charge in [-0.25, -0.2) is 4.98 Å². The zero-order valence-corrected chi connectivity index (χ0v) is 15.5. The summed E-state index contributed by atoms with van der Waals surface area (Å²) < 4.78 is 10.8. The van der Waals surface area contributed by atoms with Crippen LogP contribution in [0.3, 0.4) is 0 Å². The molecule has 3 heterocycles. The summed E-state index contributed by atoms with van der Waals surface area (Å²) in [7, 11) is 0. The van der Waals surface area contributed by atoms with Gasteiger partial charge in [0.1, 0.15) is 5.69 Å². The number of aromatic nitrogens is 3. The number of hydrogen-bond acceptors (Lipinski definition) is 9. The van der Waals surface area contributed by atoms with E-state index in [4.69, 9.17) is 8.83 Å². The minimum absolute atomic E-state index is 0.0528. The zero-order valence-electron chi connectivity index (χ0n) is 14.7. The highest BCUT2D eigenvalue weighted by Gasteiger charge is 2.18. The van der Waals surface area contributed by atoms with Gasteiger partial charge >= 0.3 is 0 Å². The Morgan fingerprint density at radius 3 is 2.21 bits per heavy atom. The number of carbonyl (C=O) groups is 1. The van der Waals surface area contributed by atoms with E-state index >= 15 is 0 Å². The Morgan fingerprint density at radius 1 is 0.966 bits per heavy atom. The van der Waals surface area contributed by atoms with E-state index in [1.165, 1.54) is 36.8 Å². The van der Waals surface area contributed by atoms with E-state index < -0.39 is 4.92 Å². The Hall–Kier alpha value is -3.79. The summed E-state index contributed by atoms with van der Waals surface area (Å²) in [5.74, 6) is 0.838. The van der Waals surface area contributed by atoms with Crippen molar-refractivity contribution in [2.24, 2.45) is 0 Å². The van der Waals surface area contributed by atoms with Crippen LogP contribution in [0, 0.1) is 10.1 Å². The minimum atomic E-state index is -0.515. The number of furan rings is 2. The van der Waals surface area contributed by atoms with Crippen molar-refractivity contribution in [3.63, 3.8) is 0 Å². The van der Waals surface area contributed by atoms with Gasteiger partial charge in [0.05, 0.1) is 23.2 Å². The molecule has 0 fully saturated rings. The van der Waals surface area contributed by atoms with Crippen LogP contribution in [-0.2, 0) is 0 Å². The van der Waals surface area contributed by atoms with Gasteiger partial charge in [0.15, 0.2) is 23.0 Å². The number of nitro groups is 1. The molecule has 0 amide bonds. The van der Waals surface area contributed by atoms with Crippen LogP contribution < -0.4 is 0 Å². The van der Waals surface area contributed by atoms with Crippen LogP contribution in [0.1, 0.15) is 10.4 Å². The van der Waals surface area contributed by atoms with Crippen molar-refractivity contribution >= 4 is 23.2 Å². The van der Waals surface area contributed by atoms with Crippen molar-refractivity contribution in [2.45, 2.75) is 5.16 Å². The standard InChI is InChI=1S/C19H12N4O5S/c24-14(12-5-7-13(8-6-12)23(25)26)11-29-19-20-17(15-3-1-9-27-15)18(21-22-19)16-4-2-10-28-16/h1-10H,11H2. The number of rotatable bonds is 7. The number of thioether (sulfide) groups is 1. The lowest BCUT2D eigenvalue weighted by molar-refractivity contribution is -0.384. The molecule has 29 heavy (non-hydrogen) atoms. The molecule has 4 aromatic rings. The predicted octanol–water partition coefficient (Wildman–Crippen LogP) is 4.27. The average molecular weight is 408 g/mol. The molecule has 0 aliphatic carbocycles. The molecule has 0 radical (unpaired) electrons. The highest BCUT2D eigenvalue weighted by atomic mass is 32.2. The summed E-state index contributed by atoms with van der Waals surface area (Å²) in [5.41, 5.74) is 1.18. The fourth-order valence-corrected chi connectivity index (χ4v) is 3.20. The van der Waals surface area contributed by atoms with Gasteiger partial charge < -0.3 is 8.83 Å². The third kappa shape index (κ3) is 4.06. The zero-order chi connectivity index (χ0) is 20.2. The Labute approximate surface area is 167 Å². The van der Waals surface area contributed by atoms with Crippen LogP contribution in [0.15, 0.2) is 75.0 Å². The first-order valence-corrected chi connectivity index (χ1v) is 9.33. The van der Waals surface area contributed by atoms with Gasteiger partial charge in [-0.3, -0.25) is 14.9 Å². The number of hydrogen-bond donors (Lipinski definition) is 0. The van der Waals surface area contributed by atoms with Gasteiger partial charge in [0.2, 0.25) is 5.16 Å². The van der Waals surface area contributed by atoms with Gasteiger partial charge in [0, 0.05) is 17.7 Å². The molecular weight excluding hydrogens is 396 g/mol. The number of carbonyl (C=O) groups excluding carboxylic acids is 1. The van der Waals surface area contributed by atoms with Crippen LogP contribution >= 0.6 is 11.8 Å². The summed E-state index contributed by atoms with van der Waals surface area (Å²) in [5, 5.41) is 19.3. The second-order valence-electron chi connectivity index (χ2n) is 5.76. The molecule has 0 N–H and O–H groups in total. The topological polar surface area (TPSA) is 125 Å². The Kier molecular flexibility index (Phi) is 5.16. The third-order valence-electron chi connectivity index (χ3n) is 3.91. The molecule has 0 bridgehead atoms. The first kappa shape index (κ1) is 18.6. The fourth-order valence-electron chi connectivity index (χ4n) is 2.52. The molecule has 9 nitrogen and oxygen atoms in total. The monoisotopic (exact) mass is 408 g/mol. The number of nitrogens with zero attached hydrogens (tertiary/aromatic N) is 4. The molecule has 0 aliphatic heterocycles. The number of Topliss-reactive ketones (excluding diaryl/α,β-unsaturated/α-hetero) is 1. The van der Waals surface area contributed by atoms with Gasteiger partial charge in [0.25, 0.3) is 5.69 Å². The number of non-ortho nitro benzene ring substituents is 1. The lowest BCUT2D eigenvalue weighted by Crippen LogP contribution is -2.05. The molecule has 0 aliphatic rings. The molecule has 0 spiro atoms. The minimum Gasteiger partial charge on any atom is -0.463 e. The quantitative estimate of drug-likeness (QED) is 0.191. The van der Waals surface area contributed by atoms with E-state index in [1.807, 2.05) is 0 Å².